The summed E-state index contributed by atoms with van der Waals surface area (Å²) >= 11 is 0. The Hall–Kier alpha value is -2.78. The average molecular weight is 437 g/mol. The molecule has 164 valence electrons. The largest absolute Gasteiger partial charge is 0.493 e. The molecule has 9 heteroatoms. The van der Waals surface area contributed by atoms with Crippen LogP contribution >= 0.6 is 0 Å². The molecule has 1 N–H and O–H groups in total. The van der Waals surface area contributed by atoms with Gasteiger partial charge in [0.1, 0.15) is 0 Å². The molecule has 0 spiro atoms. The molecule has 0 atom stereocenters. The van der Waals surface area contributed by atoms with Gasteiger partial charge in [-0.15, -0.1) is 0 Å². The number of rotatable bonds is 11. The van der Waals surface area contributed by atoms with Crippen molar-refractivity contribution in [1.82, 2.24) is 0 Å². The van der Waals surface area contributed by atoms with Crippen molar-refractivity contribution in [3.8, 4) is 11.5 Å². The smallest absolute Gasteiger partial charge is 0.232 e. The second-order valence-corrected chi connectivity index (χ2v) is 8.57. The predicted molar refractivity (Wildman–Crippen MR) is 117 cm³/mol. The van der Waals surface area contributed by atoms with Gasteiger partial charge in [-0.3, -0.25) is 9.10 Å². The summed E-state index contributed by atoms with van der Waals surface area (Å²) < 4.78 is 41.4. The number of ether oxygens (including phenoxy) is 3. The van der Waals surface area contributed by atoms with Gasteiger partial charge in [0.05, 0.1) is 32.8 Å². The third kappa shape index (κ3) is 6.64. The molecule has 0 saturated carbocycles. The SMILES string of the molecule is COCc1cccc(NC(=O)CCCN(c2ccc(OC)c(OC)c2)S(C)(=O)=O)c1. The van der Waals surface area contributed by atoms with Gasteiger partial charge in [-0.05, 0) is 36.2 Å². The summed E-state index contributed by atoms with van der Waals surface area (Å²) in [7, 11) is 1.06. The molecule has 0 aromatic heterocycles. The van der Waals surface area contributed by atoms with Crippen LogP contribution in [0.2, 0.25) is 0 Å². The van der Waals surface area contributed by atoms with Crippen molar-refractivity contribution in [2.45, 2.75) is 19.4 Å². The molecule has 2 aromatic carbocycles. The van der Waals surface area contributed by atoms with E-state index < -0.39 is 10.0 Å². The van der Waals surface area contributed by atoms with Crippen LogP contribution in [0.3, 0.4) is 0 Å². The molecule has 30 heavy (non-hydrogen) atoms. The Morgan fingerprint density at radius 2 is 1.77 bits per heavy atom. The fraction of sp³-hybridized carbons (Fsp3) is 0.381. The molecule has 0 heterocycles. The lowest BCUT2D eigenvalue weighted by molar-refractivity contribution is -0.116. The highest BCUT2D eigenvalue weighted by atomic mass is 32.2. The number of benzene rings is 2. The summed E-state index contributed by atoms with van der Waals surface area (Å²) in [6.45, 7) is 0.615. The van der Waals surface area contributed by atoms with E-state index in [1.54, 1.807) is 31.4 Å². The highest BCUT2D eigenvalue weighted by molar-refractivity contribution is 7.92. The standard InChI is InChI=1S/C21H28N2O6S/c1-27-15-16-7-5-8-17(13-16)22-21(24)9-6-12-23(30(4,25)26)18-10-11-19(28-2)20(14-18)29-3/h5,7-8,10-11,13-14H,6,9,12,15H2,1-4H3,(H,22,24). The second-order valence-electron chi connectivity index (χ2n) is 6.66. The zero-order chi connectivity index (χ0) is 22.1. The van der Waals surface area contributed by atoms with E-state index in [1.807, 2.05) is 18.2 Å². The van der Waals surface area contributed by atoms with E-state index in [0.29, 0.717) is 35.9 Å². The Morgan fingerprint density at radius 1 is 1.03 bits per heavy atom. The molecule has 0 unspecified atom stereocenters. The van der Waals surface area contributed by atoms with E-state index in [0.717, 1.165) is 11.8 Å². The van der Waals surface area contributed by atoms with Crippen molar-refractivity contribution in [2.75, 3.05) is 43.8 Å². The quantitative estimate of drug-likeness (QED) is 0.582. The van der Waals surface area contributed by atoms with Gasteiger partial charge in [0.15, 0.2) is 11.5 Å². The van der Waals surface area contributed by atoms with Gasteiger partial charge in [0.2, 0.25) is 15.9 Å². The van der Waals surface area contributed by atoms with E-state index in [1.165, 1.54) is 18.5 Å². The van der Waals surface area contributed by atoms with Gasteiger partial charge in [-0.2, -0.15) is 0 Å². The second kappa shape index (κ2) is 10.8. The van der Waals surface area contributed by atoms with E-state index in [4.69, 9.17) is 14.2 Å². The molecule has 0 fully saturated rings. The molecule has 0 radical (unpaired) electrons. The highest BCUT2D eigenvalue weighted by Gasteiger charge is 2.19. The van der Waals surface area contributed by atoms with Gasteiger partial charge in [-0.25, -0.2) is 8.42 Å². The fourth-order valence-corrected chi connectivity index (χ4v) is 3.94. The lowest BCUT2D eigenvalue weighted by Gasteiger charge is -2.23. The van der Waals surface area contributed by atoms with Gasteiger partial charge < -0.3 is 19.5 Å². The van der Waals surface area contributed by atoms with E-state index >= 15 is 0 Å². The Morgan fingerprint density at radius 3 is 2.40 bits per heavy atom. The predicted octanol–water partition coefficient (Wildman–Crippen LogP) is 3.04. The van der Waals surface area contributed by atoms with E-state index in [9.17, 15) is 13.2 Å². The van der Waals surface area contributed by atoms with Crippen molar-refractivity contribution in [3.05, 3.63) is 48.0 Å². The van der Waals surface area contributed by atoms with Gasteiger partial charge >= 0.3 is 0 Å². The molecule has 2 rings (SSSR count). The monoisotopic (exact) mass is 436 g/mol. The number of nitrogens with one attached hydrogen (secondary N) is 1. The molecule has 0 saturated heterocycles. The summed E-state index contributed by atoms with van der Waals surface area (Å²) in [6.07, 6.45) is 1.66. The van der Waals surface area contributed by atoms with Crippen LogP contribution in [0, 0.1) is 0 Å². The number of nitrogens with zero attached hydrogens (tertiary/aromatic N) is 1. The minimum absolute atomic E-state index is 0.158. The van der Waals surface area contributed by atoms with Crippen LogP contribution in [0.5, 0.6) is 11.5 Å². The molecular formula is C21H28N2O6S. The Kier molecular flexibility index (Phi) is 8.49. The minimum atomic E-state index is -3.54. The van der Waals surface area contributed by atoms with E-state index in [2.05, 4.69) is 5.32 Å². The summed E-state index contributed by atoms with van der Waals surface area (Å²) in [5, 5.41) is 2.83. The zero-order valence-electron chi connectivity index (χ0n) is 17.7. The van der Waals surface area contributed by atoms with Crippen LogP contribution in [0.25, 0.3) is 0 Å². The topological polar surface area (TPSA) is 94.2 Å². The first kappa shape index (κ1) is 23.5. The molecule has 8 nitrogen and oxygen atoms in total. The van der Waals surface area contributed by atoms with Gasteiger partial charge in [-0.1, -0.05) is 12.1 Å². The van der Waals surface area contributed by atoms with Crippen LogP contribution in [0.4, 0.5) is 11.4 Å². The van der Waals surface area contributed by atoms with E-state index in [-0.39, 0.29) is 18.9 Å². The van der Waals surface area contributed by atoms with Crippen LogP contribution in [-0.2, 0) is 26.2 Å². The molecule has 0 aliphatic rings. The van der Waals surface area contributed by atoms with Gasteiger partial charge in [0.25, 0.3) is 0 Å². The van der Waals surface area contributed by atoms with Crippen molar-refractivity contribution >= 4 is 27.3 Å². The summed E-state index contributed by atoms with van der Waals surface area (Å²) in [5.41, 5.74) is 2.07. The lowest BCUT2D eigenvalue weighted by Crippen LogP contribution is -2.31. The molecule has 1 amide bonds. The van der Waals surface area contributed by atoms with Crippen LogP contribution in [0.1, 0.15) is 18.4 Å². The van der Waals surface area contributed by atoms with Crippen molar-refractivity contribution in [2.24, 2.45) is 0 Å². The fourth-order valence-electron chi connectivity index (χ4n) is 2.98. The number of anilines is 2. The molecule has 0 aliphatic heterocycles. The Bertz CT molecular complexity index is 962. The Labute approximate surface area is 177 Å². The summed E-state index contributed by atoms with van der Waals surface area (Å²) in [4.78, 5) is 12.3. The normalized spacial score (nSPS) is 11.1. The maximum absolute atomic E-state index is 12.3. The number of carbonyl (C=O) groups excluding carboxylic acids is 1. The van der Waals surface area contributed by atoms with Gasteiger partial charge in [0, 0.05) is 31.8 Å². The molecule has 0 aliphatic carbocycles. The number of amides is 1. The van der Waals surface area contributed by atoms with Crippen LogP contribution in [0.15, 0.2) is 42.5 Å². The number of hydrogen-bond donors (Lipinski definition) is 1. The number of methoxy groups -OCH3 is 3. The molecule has 2 aromatic rings. The minimum Gasteiger partial charge on any atom is -0.493 e. The lowest BCUT2D eigenvalue weighted by atomic mass is 10.2. The van der Waals surface area contributed by atoms with Crippen molar-refractivity contribution in [1.29, 1.82) is 0 Å². The maximum atomic E-state index is 12.3. The molecular weight excluding hydrogens is 408 g/mol. The third-order valence-corrected chi connectivity index (χ3v) is 5.54. The van der Waals surface area contributed by atoms with Crippen molar-refractivity contribution in [3.63, 3.8) is 0 Å². The first-order valence-electron chi connectivity index (χ1n) is 9.36. The number of sulfonamides is 1. The molecule has 0 bridgehead atoms. The third-order valence-electron chi connectivity index (χ3n) is 4.34. The highest BCUT2D eigenvalue weighted by Crippen LogP contribution is 2.32. The average Bonchev–Trinajstić information content (AvgIpc) is 2.70. The first-order valence-corrected chi connectivity index (χ1v) is 11.2. The first-order chi connectivity index (χ1) is 14.3. The zero-order valence-corrected chi connectivity index (χ0v) is 18.5. The maximum Gasteiger partial charge on any atom is 0.232 e. The number of hydrogen-bond acceptors (Lipinski definition) is 6. The Balaban J connectivity index is 2.02. The summed E-state index contributed by atoms with van der Waals surface area (Å²) in [6, 6.07) is 12.3. The van der Waals surface area contributed by atoms with Crippen LogP contribution in [-0.4, -0.2) is 48.5 Å². The number of carbonyl (C=O) groups is 1. The summed E-state index contributed by atoms with van der Waals surface area (Å²) in [5.74, 6) is 0.743. The van der Waals surface area contributed by atoms with Crippen LogP contribution < -0.4 is 19.1 Å². The van der Waals surface area contributed by atoms with Crippen molar-refractivity contribution < 1.29 is 27.4 Å².